The van der Waals surface area contributed by atoms with E-state index in [1.165, 1.54) is 5.56 Å². The number of benzene rings is 1. The molecule has 5 nitrogen and oxygen atoms in total. The Hall–Kier alpha value is -1.14. The van der Waals surface area contributed by atoms with Gasteiger partial charge in [-0.25, -0.2) is 4.98 Å². The highest BCUT2D eigenvalue weighted by Crippen LogP contribution is 2.37. The van der Waals surface area contributed by atoms with Gasteiger partial charge in [-0.1, -0.05) is 79.8 Å². The van der Waals surface area contributed by atoms with E-state index < -0.39 is 3.79 Å². The number of likely N-dealkylation sites (tertiary alicyclic amines) is 1. The molecular weight excluding hydrogens is 417 g/mol. The van der Waals surface area contributed by atoms with E-state index >= 15 is 0 Å². The van der Waals surface area contributed by atoms with Crippen LogP contribution in [0.15, 0.2) is 24.3 Å². The number of alkyl halides is 3. The Kier molecular flexibility index (Phi) is 6.40. The molecule has 0 amide bonds. The van der Waals surface area contributed by atoms with Gasteiger partial charge in [0, 0.05) is 11.6 Å². The molecule has 0 aliphatic carbocycles. The first kappa shape index (κ1) is 21.6. The van der Waals surface area contributed by atoms with Gasteiger partial charge in [0.2, 0.25) is 9.74 Å². The number of nitrogens with zero attached hydrogens (tertiary/aromatic N) is 4. The summed E-state index contributed by atoms with van der Waals surface area (Å²) in [5, 5.41) is 3.39. The zero-order chi connectivity index (χ0) is 20.5. The fourth-order valence-electron chi connectivity index (χ4n) is 3.15. The molecule has 0 atom stereocenters. The van der Waals surface area contributed by atoms with Crippen LogP contribution in [0.3, 0.4) is 0 Å². The molecule has 2 aromatic rings. The zero-order valence-corrected chi connectivity index (χ0v) is 18.9. The minimum absolute atomic E-state index is 0.0707. The molecule has 0 bridgehead atoms. The van der Waals surface area contributed by atoms with Gasteiger partial charge >= 0.3 is 0 Å². The SMILES string of the molecule is CN1CCC(Nc2nc(-c3ccc(C(C)(C)C)cc3)nc(C(Cl)(Cl)Cl)n2)CC1. The first-order valence-electron chi connectivity index (χ1n) is 9.41. The van der Waals surface area contributed by atoms with E-state index in [0.29, 0.717) is 11.8 Å². The minimum atomic E-state index is -1.72. The summed E-state index contributed by atoms with van der Waals surface area (Å²) in [6, 6.07) is 8.45. The lowest BCUT2D eigenvalue weighted by molar-refractivity contribution is 0.263. The number of nitrogens with one attached hydrogen (secondary N) is 1. The van der Waals surface area contributed by atoms with E-state index in [1.54, 1.807) is 0 Å². The highest BCUT2D eigenvalue weighted by Gasteiger charge is 2.29. The molecule has 28 heavy (non-hydrogen) atoms. The molecule has 3 rings (SSSR count). The van der Waals surface area contributed by atoms with Gasteiger partial charge in [-0.05, 0) is 44.0 Å². The highest BCUT2D eigenvalue weighted by molar-refractivity contribution is 6.66. The summed E-state index contributed by atoms with van der Waals surface area (Å²) in [5.41, 5.74) is 2.16. The van der Waals surface area contributed by atoms with Crippen LogP contribution in [0.4, 0.5) is 5.95 Å². The fourth-order valence-corrected chi connectivity index (χ4v) is 3.40. The lowest BCUT2D eigenvalue weighted by Crippen LogP contribution is -2.37. The molecule has 1 fully saturated rings. The average Bonchev–Trinajstić information content (AvgIpc) is 2.62. The van der Waals surface area contributed by atoms with Crippen LogP contribution in [-0.4, -0.2) is 46.0 Å². The van der Waals surface area contributed by atoms with E-state index in [2.05, 4.69) is 65.1 Å². The van der Waals surface area contributed by atoms with Gasteiger partial charge in [0.1, 0.15) is 0 Å². The van der Waals surface area contributed by atoms with Crippen LogP contribution >= 0.6 is 34.8 Å². The summed E-state index contributed by atoms with van der Waals surface area (Å²) >= 11 is 18.2. The van der Waals surface area contributed by atoms with Crippen LogP contribution in [0.2, 0.25) is 0 Å². The van der Waals surface area contributed by atoms with Crippen molar-refractivity contribution in [1.82, 2.24) is 19.9 Å². The zero-order valence-electron chi connectivity index (χ0n) is 16.6. The van der Waals surface area contributed by atoms with Gasteiger partial charge in [-0.2, -0.15) is 9.97 Å². The standard InChI is InChI=1S/C20H26Cl3N5/c1-19(2,3)14-7-5-13(6-8-14)16-25-17(20(21,22)23)27-18(26-16)24-15-9-11-28(4)12-10-15/h5-8,15H,9-12H2,1-4H3,(H,24,25,26,27). The fraction of sp³-hybridized carbons (Fsp3) is 0.550. The Labute approximate surface area is 181 Å². The number of rotatable bonds is 3. The summed E-state index contributed by atoms with van der Waals surface area (Å²) < 4.78 is -1.72. The molecule has 0 saturated carbocycles. The van der Waals surface area contributed by atoms with Crippen LogP contribution in [0, 0.1) is 0 Å². The van der Waals surface area contributed by atoms with Crippen LogP contribution < -0.4 is 5.32 Å². The number of hydrogen-bond acceptors (Lipinski definition) is 5. The van der Waals surface area contributed by atoms with Crippen molar-refractivity contribution in [2.75, 3.05) is 25.5 Å². The normalized spacial score (nSPS) is 17.0. The molecule has 0 radical (unpaired) electrons. The summed E-state index contributed by atoms with van der Waals surface area (Å²) in [7, 11) is 2.12. The van der Waals surface area contributed by atoms with Gasteiger partial charge < -0.3 is 10.2 Å². The van der Waals surface area contributed by atoms with E-state index in [-0.39, 0.29) is 17.3 Å². The topological polar surface area (TPSA) is 53.9 Å². The maximum absolute atomic E-state index is 6.08. The Balaban J connectivity index is 1.92. The number of piperidine rings is 1. The summed E-state index contributed by atoms with van der Waals surface area (Å²) in [6.07, 6.45) is 2.03. The molecule has 2 heterocycles. The molecule has 1 saturated heterocycles. The smallest absolute Gasteiger partial charge is 0.250 e. The molecule has 1 aromatic carbocycles. The molecule has 1 aromatic heterocycles. The Morgan fingerprint density at radius 2 is 1.57 bits per heavy atom. The van der Waals surface area contributed by atoms with E-state index in [0.717, 1.165) is 31.5 Å². The number of anilines is 1. The van der Waals surface area contributed by atoms with Crippen LogP contribution in [0.25, 0.3) is 11.4 Å². The summed E-state index contributed by atoms with van der Waals surface area (Å²) in [4.78, 5) is 15.7. The predicted molar refractivity (Wildman–Crippen MR) is 117 cm³/mol. The molecule has 1 N–H and O–H groups in total. The maximum atomic E-state index is 6.08. The summed E-state index contributed by atoms with van der Waals surface area (Å²) in [6.45, 7) is 8.59. The van der Waals surface area contributed by atoms with Crippen molar-refractivity contribution in [2.45, 2.75) is 48.9 Å². The number of hydrogen-bond donors (Lipinski definition) is 1. The first-order valence-corrected chi connectivity index (χ1v) is 10.5. The van der Waals surface area contributed by atoms with Crippen molar-refractivity contribution >= 4 is 40.8 Å². The molecule has 1 aliphatic heterocycles. The molecule has 0 spiro atoms. The quantitative estimate of drug-likeness (QED) is 0.665. The van der Waals surface area contributed by atoms with Crippen LogP contribution in [0.1, 0.15) is 45.0 Å². The highest BCUT2D eigenvalue weighted by atomic mass is 35.6. The average molecular weight is 443 g/mol. The van der Waals surface area contributed by atoms with Crippen LogP contribution in [0.5, 0.6) is 0 Å². The molecule has 0 unspecified atom stereocenters. The molecule has 8 heteroatoms. The number of halogens is 3. The lowest BCUT2D eigenvalue weighted by Gasteiger charge is -2.29. The summed E-state index contributed by atoms with van der Waals surface area (Å²) in [5.74, 6) is 1.06. The maximum Gasteiger partial charge on any atom is 0.250 e. The second kappa shape index (κ2) is 8.31. The largest absolute Gasteiger partial charge is 0.351 e. The van der Waals surface area contributed by atoms with Crippen molar-refractivity contribution in [2.24, 2.45) is 0 Å². The van der Waals surface area contributed by atoms with E-state index in [1.807, 2.05) is 12.1 Å². The first-order chi connectivity index (χ1) is 13.0. The van der Waals surface area contributed by atoms with Gasteiger partial charge in [0.05, 0.1) is 0 Å². The van der Waals surface area contributed by atoms with Gasteiger partial charge in [0.25, 0.3) is 0 Å². The van der Waals surface area contributed by atoms with Crippen molar-refractivity contribution < 1.29 is 0 Å². The molecular formula is C20H26Cl3N5. The predicted octanol–water partition coefficient (Wildman–Crippen LogP) is 5.17. The second-order valence-electron chi connectivity index (χ2n) is 8.35. The van der Waals surface area contributed by atoms with Crippen molar-refractivity contribution in [3.8, 4) is 11.4 Å². The third-order valence-electron chi connectivity index (χ3n) is 4.95. The van der Waals surface area contributed by atoms with Gasteiger partial charge in [-0.3, -0.25) is 0 Å². The third kappa shape index (κ3) is 5.47. The van der Waals surface area contributed by atoms with Gasteiger partial charge in [-0.15, -0.1) is 0 Å². The number of aromatic nitrogens is 3. The van der Waals surface area contributed by atoms with Crippen molar-refractivity contribution in [1.29, 1.82) is 0 Å². The monoisotopic (exact) mass is 441 g/mol. The van der Waals surface area contributed by atoms with Crippen molar-refractivity contribution in [3.05, 3.63) is 35.7 Å². The third-order valence-corrected chi connectivity index (χ3v) is 5.46. The van der Waals surface area contributed by atoms with E-state index in [4.69, 9.17) is 34.8 Å². The Bertz CT molecular complexity index is 804. The van der Waals surface area contributed by atoms with Gasteiger partial charge in [0.15, 0.2) is 11.6 Å². The van der Waals surface area contributed by atoms with Crippen molar-refractivity contribution in [3.63, 3.8) is 0 Å². The minimum Gasteiger partial charge on any atom is -0.351 e. The van der Waals surface area contributed by atoms with Crippen LogP contribution in [-0.2, 0) is 9.21 Å². The second-order valence-corrected chi connectivity index (χ2v) is 10.6. The van der Waals surface area contributed by atoms with E-state index in [9.17, 15) is 0 Å². The molecule has 1 aliphatic rings. The Morgan fingerprint density at radius 1 is 0.964 bits per heavy atom. The Morgan fingerprint density at radius 3 is 2.11 bits per heavy atom. The molecule has 152 valence electrons. The lowest BCUT2D eigenvalue weighted by atomic mass is 9.87.